The van der Waals surface area contributed by atoms with Crippen LogP contribution in [0.4, 0.5) is 19.3 Å². The van der Waals surface area contributed by atoms with Crippen LogP contribution >= 0.6 is 0 Å². The molecule has 0 fully saturated rings. The van der Waals surface area contributed by atoms with Crippen LogP contribution in [0.1, 0.15) is 0 Å². The molecule has 0 spiro atoms. The summed E-state index contributed by atoms with van der Waals surface area (Å²) in [7, 11) is 0. The second kappa shape index (κ2) is 3.04. The van der Waals surface area contributed by atoms with Crippen molar-refractivity contribution in [3.8, 4) is 0 Å². The maximum atomic E-state index is 12.4. The van der Waals surface area contributed by atoms with E-state index in [0.29, 0.717) is 12.1 Å². The summed E-state index contributed by atoms with van der Waals surface area (Å²) in [6.07, 6.45) is 0. The molecule has 6 heteroatoms. The summed E-state index contributed by atoms with van der Waals surface area (Å²) < 4.78 is 59.3. The van der Waals surface area contributed by atoms with Gasteiger partial charge in [-0.2, -0.15) is 0 Å². The zero-order chi connectivity index (χ0) is 9.35. The molecule has 0 saturated heterocycles. The summed E-state index contributed by atoms with van der Waals surface area (Å²) >= 11 is -6.71. The Hall–Kier alpha value is -0.587. The summed E-state index contributed by atoms with van der Waals surface area (Å²) in [5.41, 5.74) is 0. The Balaban J connectivity index is 3.26. The normalized spacial score (nSPS) is 11.8. The van der Waals surface area contributed by atoms with Gasteiger partial charge >= 0.3 is 68.2 Å². The molecular formula is C6H3F5Ge. The topological polar surface area (TPSA) is 0 Å². The monoisotopic (exact) mass is 244 g/mol. The van der Waals surface area contributed by atoms with E-state index in [4.69, 9.17) is 0 Å². The van der Waals surface area contributed by atoms with Crippen molar-refractivity contribution in [3.05, 3.63) is 29.8 Å². The van der Waals surface area contributed by atoms with Crippen molar-refractivity contribution >= 4 is 19.1 Å². The van der Waals surface area contributed by atoms with Gasteiger partial charge in [-0.05, 0) is 0 Å². The number of hydrogen-bond acceptors (Lipinski definition) is 0. The molecule has 0 nitrogen and oxygen atoms in total. The summed E-state index contributed by atoms with van der Waals surface area (Å²) in [4.78, 5) is 0. The van der Waals surface area contributed by atoms with E-state index in [1.165, 1.54) is 0 Å². The van der Waals surface area contributed by atoms with Gasteiger partial charge in [0, 0.05) is 0 Å². The van der Waals surface area contributed by atoms with Crippen molar-refractivity contribution in [2.75, 3.05) is 0 Å². The number of rotatable bonds is 1. The van der Waals surface area contributed by atoms with Gasteiger partial charge in [-0.25, -0.2) is 0 Å². The average Bonchev–Trinajstić information content (AvgIpc) is 1.92. The van der Waals surface area contributed by atoms with Crippen LogP contribution in [0.15, 0.2) is 18.2 Å². The molecule has 0 aliphatic carbocycles. The van der Waals surface area contributed by atoms with E-state index < -0.39 is 30.7 Å². The van der Waals surface area contributed by atoms with Gasteiger partial charge in [0.2, 0.25) is 0 Å². The van der Waals surface area contributed by atoms with Crippen molar-refractivity contribution in [1.29, 1.82) is 0 Å². The average molecular weight is 243 g/mol. The van der Waals surface area contributed by atoms with Crippen molar-refractivity contribution in [2.45, 2.75) is 0 Å². The van der Waals surface area contributed by atoms with E-state index in [1.54, 1.807) is 0 Å². The first-order valence-electron chi connectivity index (χ1n) is 2.94. The molecule has 0 radical (unpaired) electrons. The Labute approximate surface area is 68.8 Å². The first-order chi connectivity index (χ1) is 5.43. The number of hydrogen-bond donors (Lipinski definition) is 0. The quantitative estimate of drug-likeness (QED) is 0.522. The summed E-state index contributed by atoms with van der Waals surface area (Å²) in [5.74, 6) is -3.22. The fourth-order valence-electron chi connectivity index (χ4n) is 0.723. The fraction of sp³-hybridized carbons (Fsp3) is 0. The molecule has 0 amide bonds. The molecular weight excluding hydrogens is 240 g/mol. The maximum absolute atomic E-state index is 12.4. The second-order valence-corrected chi connectivity index (χ2v) is 5.32. The predicted octanol–water partition coefficient (Wildman–Crippen LogP) is 2.02. The third-order valence-corrected chi connectivity index (χ3v) is 3.35. The van der Waals surface area contributed by atoms with Gasteiger partial charge in [-0.15, -0.1) is 0 Å². The molecule has 0 aromatic heterocycles. The van der Waals surface area contributed by atoms with Crippen LogP contribution in [0.2, 0.25) is 0 Å². The van der Waals surface area contributed by atoms with Crippen molar-refractivity contribution in [3.63, 3.8) is 0 Å². The predicted molar refractivity (Wildman–Crippen MR) is 35.1 cm³/mol. The Bertz CT molecular complexity index is 292. The Morgan fingerprint density at radius 1 is 1.00 bits per heavy atom. The van der Waals surface area contributed by atoms with E-state index in [2.05, 4.69) is 0 Å². The van der Waals surface area contributed by atoms with E-state index in [1.807, 2.05) is 0 Å². The van der Waals surface area contributed by atoms with Crippen LogP contribution in [0.3, 0.4) is 0 Å². The first kappa shape index (κ1) is 9.50. The van der Waals surface area contributed by atoms with Crippen LogP contribution in [-0.4, -0.2) is 14.7 Å². The minimum absolute atomic E-state index is 0.568. The third kappa shape index (κ3) is 1.77. The van der Waals surface area contributed by atoms with Gasteiger partial charge < -0.3 is 0 Å². The second-order valence-electron chi connectivity index (χ2n) is 2.10. The van der Waals surface area contributed by atoms with Gasteiger partial charge in [-0.1, -0.05) is 0 Å². The van der Waals surface area contributed by atoms with Crippen molar-refractivity contribution in [2.24, 2.45) is 0 Å². The first-order valence-corrected chi connectivity index (χ1v) is 6.37. The number of benzene rings is 1. The van der Waals surface area contributed by atoms with Gasteiger partial charge in [0.05, 0.1) is 0 Å². The van der Waals surface area contributed by atoms with E-state index in [0.717, 1.165) is 6.07 Å². The molecule has 66 valence electrons. The fourth-order valence-corrected chi connectivity index (χ4v) is 2.09. The molecule has 0 aliphatic heterocycles. The molecule has 12 heavy (non-hydrogen) atoms. The van der Waals surface area contributed by atoms with Crippen LogP contribution in [-0.2, 0) is 0 Å². The Kier molecular flexibility index (Phi) is 2.41. The molecule has 0 saturated carbocycles. The molecule has 1 aromatic carbocycles. The van der Waals surface area contributed by atoms with Gasteiger partial charge in [0.1, 0.15) is 0 Å². The SMILES string of the molecule is Fc1ccc[c]([Ge]([F])([F])[F])c1F. The summed E-state index contributed by atoms with van der Waals surface area (Å²) in [6, 6.07) is 2.08. The van der Waals surface area contributed by atoms with Crippen LogP contribution in [0, 0.1) is 11.6 Å². The Morgan fingerprint density at radius 2 is 1.58 bits per heavy atom. The molecule has 1 aromatic rings. The van der Waals surface area contributed by atoms with Crippen LogP contribution in [0.25, 0.3) is 0 Å². The molecule has 0 aliphatic rings. The van der Waals surface area contributed by atoms with E-state index in [-0.39, 0.29) is 0 Å². The van der Waals surface area contributed by atoms with E-state index >= 15 is 0 Å². The van der Waals surface area contributed by atoms with Gasteiger partial charge in [-0.3, -0.25) is 0 Å². The van der Waals surface area contributed by atoms with Gasteiger partial charge in [0.25, 0.3) is 0 Å². The van der Waals surface area contributed by atoms with Crippen molar-refractivity contribution < 1.29 is 19.3 Å². The third-order valence-electron chi connectivity index (χ3n) is 1.26. The summed E-state index contributed by atoms with van der Waals surface area (Å²) in [5, 5.41) is 0. The van der Waals surface area contributed by atoms with Crippen LogP contribution < -0.4 is 4.40 Å². The standard InChI is InChI=1S/C6H3F5Ge/c7-4-2-1-3-5(6(4)8)12(9,10)11/h1-3H. The Morgan fingerprint density at radius 3 is 2.00 bits per heavy atom. The molecule has 0 heterocycles. The minimum atomic E-state index is -6.71. The molecule has 0 bridgehead atoms. The molecule has 0 unspecified atom stereocenters. The zero-order valence-corrected chi connectivity index (χ0v) is 7.72. The molecule has 1 rings (SSSR count). The van der Waals surface area contributed by atoms with Gasteiger partial charge in [0.15, 0.2) is 0 Å². The van der Waals surface area contributed by atoms with Crippen LogP contribution in [0.5, 0.6) is 0 Å². The number of halogens is 5. The zero-order valence-electron chi connectivity index (χ0n) is 5.62. The summed E-state index contributed by atoms with van der Waals surface area (Å²) in [6.45, 7) is 0. The molecule has 0 atom stereocenters. The van der Waals surface area contributed by atoms with Crippen molar-refractivity contribution in [1.82, 2.24) is 0 Å². The van der Waals surface area contributed by atoms with E-state index in [9.17, 15) is 19.3 Å². The molecule has 0 N–H and O–H groups in total.